The number of pyridine rings is 1. The molecule has 6 nitrogen and oxygen atoms in total. The third kappa shape index (κ3) is 6.61. The second-order valence-electron chi connectivity index (χ2n) is 9.25. The maximum atomic E-state index is 14.2. The van der Waals surface area contributed by atoms with Gasteiger partial charge in [-0.25, -0.2) is 22.8 Å². The lowest BCUT2D eigenvalue weighted by molar-refractivity contribution is -0.145. The number of ketones is 2. The lowest BCUT2D eigenvalue weighted by Crippen LogP contribution is -2.19. The summed E-state index contributed by atoms with van der Waals surface area (Å²) in [6.07, 6.45) is -3.70. The number of benzene rings is 2. The fraction of sp³-hybridized carbons (Fsp3) is 0.250. The van der Waals surface area contributed by atoms with Gasteiger partial charge in [0, 0.05) is 30.2 Å². The lowest BCUT2D eigenvalue weighted by atomic mass is 9.86. The molecule has 0 fully saturated rings. The summed E-state index contributed by atoms with van der Waals surface area (Å²) in [5, 5.41) is 3.39. The molecule has 0 aliphatic heterocycles. The maximum absolute atomic E-state index is 14.2. The summed E-state index contributed by atoms with van der Waals surface area (Å²) in [6.45, 7) is 1.96. The van der Waals surface area contributed by atoms with Crippen molar-refractivity contribution in [1.29, 1.82) is 0 Å². The largest absolute Gasteiger partial charge is 0.453 e. The number of halogens is 6. The number of hydrogen-bond acceptors (Lipinski definition) is 5. The van der Waals surface area contributed by atoms with E-state index in [-0.39, 0.29) is 29.8 Å². The number of nitrogens with zero attached hydrogens (tertiary/aromatic N) is 4. The number of rotatable bonds is 9. The van der Waals surface area contributed by atoms with Crippen molar-refractivity contribution in [3.63, 3.8) is 0 Å². The number of Topliss-reactive ketones (excluding diaryl/α,β-unsaturated/α-hetero) is 2. The van der Waals surface area contributed by atoms with Crippen LogP contribution in [0.15, 0.2) is 54.7 Å². The lowest BCUT2D eigenvalue weighted by Gasteiger charge is -2.20. The van der Waals surface area contributed by atoms with E-state index in [0.717, 1.165) is 22.9 Å². The van der Waals surface area contributed by atoms with E-state index in [0.29, 0.717) is 22.9 Å². The van der Waals surface area contributed by atoms with Crippen molar-refractivity contribution in [3.8, 4) is 11.1 Å². The number of hydrogen-bond donors (Lipinski definition) is 0. The summed E-state index contributed by atoms with van der Waals surface area (Å²) in [5.41, 5.74) is 1.23. The molecule has 208 valence electrons. The van der Waals surface area contributed by atoms with Gasteiger partial charge >= 0.3 is 6.18 Å². The van der Waals surface area contributed by atoms with Crippen molar-refractivity contribution in [2.45, 2.75) is 45.3 Å². The monoisotopic (exact) mass is 560 g/mol. The first-order chi connectivity index (χ1) is 18.8. The van der Waals surface area contributed by atoms with E-state index >= 15 is 0 Å². The SMILES string of the molecule is CC(=O)c1cc(-c2cccnc2[C@@H](CC(=O)Cn2nc(C(F)(F)F)nc2C)Cc2cc(F)cc(F)c2)ccc1F. The highest BCUT2D eigenvalue weighted by Crippen LogP contribution is 2.34. The van der Waals surface area contributed by atoms with Crippen LogP contribution in [0.25, 0.3) is 11.1 Å². The number of aryl methyl sites for hydroxylation is 1. The highest BCUT2D eigenvalue weighted by Gasteiger charge is 2.37. The van der Waals surface area contributed by atoms with Crippen LogP contribution in [0.1, 0.15) is 52.5 Å². The highest BCUT2D eigenvalue weighted by atomic mass is 19.4. The van der Waals surface area contributed by atoms with E-state index in [4.69, 9.17) is 0 Å². The second-order valence-corrected chi connectivity index (χ2v) is 9.25. The van der Waals surface area contributed by atoms with Crippen molar-refractivity contribution in [2.75, 3.05) is 0 Å². The molecule has 0 aliphatic rings. The van der Waals surface area contributed by atoms with Crippen molar-refractivity contribution < 1.29 is 35.9 Å². The number of carbonyl (C=O) groups excluding carboxylic acids is 2. The molecule has 4 aromatic rings. The summed E-state index contributed by atoms with van der Waals surface area (Å²) in [4.78, 5) is 32.8. The quantitative estimate of drug-likeness (QED) is 0.178. The predicted molar refractivity (Wildman–Crippen MR) is 132 cm³/mol. The molecule has 2 aromatic heterocycles. The van der Waals surface area contributed by atoms with Gasteiger partial charge in [0.15, 0.2) is 11.6 Å². The molecule has 2 heterocycles. The fourth-order valence-corrected chi connectivity index (χ4v) is 4.42. The van der Waals surface area contributed by atoms with Gasteiger partial charge in [-0.2, -0.15) is 13.2 Å². The molecule has 1 atom stereocenters. The zero-order valence-corrected chi connectivity index (χ0v) is 21.3. The third-order valence-electron chi connectivity index (χ3n) is 6.20. The molecule has 40 heavy (non-hydrogen) atoms. The van der Waals surface area contributed by atoms with E-state index in [1.807, 2.05) is 0 Å². The molecule has 0 radical (unpaired) electrons. The van der Waals surface area contributed by atoms with Gasteiger partial charge < -0.3 is 0 Å². The van der Waals surface area contributed by atoms with Gasteiger partial charge in [-0.3, -0.25) is 14.6 Å². The van der Waals surface area contributed by atoms with Gasteiger partial charge in [0.25, 0.3) is 5.82 Å². The van der Waals surface area contributed by atoms with Crippen molar-refractivity contribution >= 4 is 11.6 Å². The predicted octanol–water partition coefficient (Wildman–Crippen LogP) is 6.27. The Labute approximate surface area is 224 Å². The zero-order valence-electron chi connectivity index (χ0n) is 21.3. The molecule has 2 aromatic carbocycles. The Morgan fingerprint density at radius 1 is 1.00 bits per heavy atom. The van der Waals surface area contributed by atoms with Crippen LogP contribution < -0.4 is 0 Å². The third-order valence-corrected chi connectivity index (χ3v) is 6.20. The minimum atomic E-state index is -4.79. The number of alkyl halides is 3. The van der Waals surface area contributed by atoms with Gasteiger partial charge in [0.05, 0.1) is 11.3 Å². The van der Waals surface area contributed by atoms with Crippen LogP contribution in [0.3, 0.4) is 0 Å². The Balaban J connectivity index is 1.73. The van der Waals surface area contributed by atoms with E-state index in [1.165, 1.54) is 32.2 Å². The Bertz CT molecular complexity index is 1560. The summed E-state index contributed by atoms with van der Waals surface area (Å²) in [7, 11) is 0. The average molecular weight is 560 g/mol. The van der Waals surface area contributed by atoms with Crippen LogP contribution in [0.2, 0.25) is 0 Å². The normalized spacial score (nSPS) is 12.4. The molecular formula is C28H22F6N4O2. The van der Waals surface area contributed by atoms with E-state index in [2.05, 4.69) is 15.1 Å². The molecule has 0 aliphatic carbocycles. The Morgan fingerprint density at radius 2 is 1.70 bits per heavy atom. The van der Waals surface area contributed by atoms with Crippen LogP contribution in [0.4, 0.5) is 26.3 Å². The molecular weight excluding hydrogens is 538 g/mol. The van der Waals surface area contributed by atoms with Gasteiger partial charge in [0.1, 0.15) is 29.8 Å². The Morgan fingerprint density at radius 3 is 2.33 bits per heavy atom. The summed E-state index contributed by atoms with van der Waals surface area (Å²) < 4.78 is 82.1. The van der Waals surface area contributed by atoms with Crippen LogP contribution in [0.5, 0.6) is 0 Å². The Kier molecular flexibility index (Phi) is 8.17. The molecule has 0 bridgehead atoms. The first-order valence-electron chi connectivity index (χ1n) is 12.0. The molecule has 0 spiro atoms. The fourth-order valence-electron chi connectivity index (χ4n) is 4.42. The van der Waals surface area contributed by atoms with Crippen molar-refractivity contribution in [3.05, 3.63) is 101 Å². The van der Waals surface area contributed by atoms with Gasteiger partial charge in [-0.1, -0.05) is 12.1 Å². The summed E-state index contributed by atoms with van der Waals surface area (Å²) in [6, 6.07) is 10.0. The van der Waals surface area contributed by atoms with Crippen molar-refractivity contribution in [1.82, 2.24) is 19.7 Å². The van der Waals surface area contributed by atoms with Gasteiger partial charge in [-0.15, -0.1) is 5.10 Å². The van der Waals surface area contributed by atoms with Crippen LogP contribution >= 0.6 is 0 Å². The molecule has 0 amide bonds. The molecule has 0 saturated heterocycles. The molecule has 0 saturated carbocycles. The zero-order chi connectivity index (χ0) is 29.2. The van der Waals surface area contributed by atoms with E-state index in [9.17, 15) is 35.9 Å². The van der Waals surface area contributed by atoms with Gasteiger partial charge in [0.2, 0.25) is 0 Å². The van der Waals surface area contributed by atoms with Gasteiger partial charge in [-0.05, 0) is 61.7 Å². The minimum Gasteiger partial charge on any atom is -0.298 e. The molecule has 0 N–H and O–H groups in total. The molecule has 0 unspecified atom stereocenters. The maximum Gasteiger partial charge on any atom is 0.453 e. The van der Waals surface area contributed by atoms with E-state index in [1.54, 1.807) is 12.1 Å². The summed E-state index contributed by atoms with van der Waals surface area (Å²) in [5.74, 6) is -5.73. The molecule has 4 rings (SSSR count). The summed E-state index contributed by atoms with van der Waals surface area (Å²) >= 11 is 0. The van der Waals surface area contributed by atoms with Crippen LogP contribution in [0, 0.1) is 24.4 Å². The number of carbonyl (C=O) groups is 2. The first kappa shape index (κ1) is 28.7. The Hall–Kier alpha value is -4.35. The standard InChI is InChI=1S/C28H22F6N4O2/c1-15(39)24-12-18(5-6-25(24)31)23-4-3-7-35-26(23)19(8-17-9-20(29)13-21(30)10-17)11-22(40)14-38-16(2)36-27(37-38)28(32,33)34/h3-7,9-10,12-13,19H,8,11,14H2,1-2H3/t19-/m1/s1. The topological polar surface area (TPSA) is 77.7 Å². The first-order valence-corrected chi connectivity index (χ1v) is 12.0. The van der Waals surface area contributed by atoms with Crippen LogP contribution in [-0.4, -0.2) is 31.3 Å². The average Bonchev–Trinajstić information content (AvgIpc) is 3.23. The minimum absolute atomic E-state index is 0.0602. The smallest absolute Gasteiger partial charge is 0.298 e. The highest BCUT2D eigenvalue weighted by molar-refractivity contribution is 5.95. The van der Waals surface area contributed by atoms with Crippen LogP contribution in [-0.2, 0) is 23.9 Å². The van der Waals surface area contributed by atoms with Crippen molar-refractivity contribution in [2.24, 2.45) is 0 Å². The van der Waals surface area contributed by atoms with E-state index < -0.39 is 53.5 Å². The molecule has 12 heteroatoms. The number of aromatic nitrogens is 4. The second kappa shape index (κ2) is 11.4.